The number of nitrogens with zero attached hydrogens (tertiary/aromatic N) is 1. The summed E-state index contributed by atoms with van der Waals surface area (Å²) in [6.07, 6.45) is 0.663. The summed E-state index contributed by atoms with van der Waals surface area (Å²) in [6, 6.07) is 3.36. The number of thiazole rings is 1. The van der Waals surface area contributed by atoms with Crippen LogP contribution in [0.5, 0.6) is 0 Å². The number of urea groups is 1. The van der Waals surface area contributed by atoms with Gasteiger partial charge >= 0.3 is 13.6 Å². The Morgan fingerprint density at radius 2 is 1.83 bits per heavy atom. The fourth-order valence-corrected chi connectivity index (χ4v) is 6.96. The maximum absolute atomic E-state index is 12.9. The summed E-state index contributed by atoms with van der Waals surface area (Å²) in [5.41, 5.74) is 3.56. The van der Waals surface area contributed by atoms with Crippen molar-refractivity contribution in [2.75, 3.05) is 18.5 Å². The van der Waals surface area contributed by atoms with Crippen LogP contribution in [0.1, 0.15) is 94.9 Å². The molecule has 35 heavy (non-hydrogen) atoms. The number of rotatable bonds is 8. The summed E-state index contributed by atoms with van der Waals surface area (Å²) in [4.78, 5) is 29.8. The van der Waals surface area contributed by atoms with Gasteiger partial charge in [-0.3, -0.25) is 14.7 Å². The molecule has 0 saturated carbocycles. The Hall–Kier alpha value is -2.06. The second kappa shape index (κ2) is 10.1. The molecule has 192 valence electrons. The predicted octanol–water partition coefficient (Wildman–Crippen LogP) is 6.08. The number of amides is 2. The number of carbonyl (C=O) groups excluding carboxylic acids is 2. The van der Waals surface area contributed by atoms with Crippen LogP contribution in [0, 0.1) is 0 Å². The van der Waals surface area contributed by atoms with Crippen LogP contribution in [0.15, 0.2) is 17.5 Å². The van der Waals surface area contributed by atoms with Crippen LogP contribution in [0.2, 0.25) is 0 Å². The minimum Gasteiger partial charge on any atom is -0.331 e. The third-order valence-electron chi connectivity index (χ3n) is 6.11. The van der Waals surface area contributed by atoms with Crippen molar-refractivity contribution in [3.63, 3.8) is 0 Å². The lowest BCUT2D eigenvalue weighted by atomic mass is 9.79. The smallest absolute Gasteiger partial charge is 0.331 e. The van der Waals surface area contributed by atoms with E-state index in [1.54, 1.807) is 26.2 Å². The Labute approximate surface area is 211 Å². The van der Waals surface area contributed by atoms with E-state index >= 15 is 0 Å². The molecule has 8 nitrogen and oxygen atoms in total. The van der Waals surface area contributed by atoms with E-state index in [1.807, 2.05) is 6.07 Å². The minimum atomic E-state index is -3.53. The van der Waals surface area contributed by atoms with Gasteiger partial charge in [-0.25, -0.2) is 9.78 Å². The highest BCUT2D eigenvalue weighted by Gasteiger charge is 2.41. The number of fused-ring (bicyclic) bond motifs is 1. The average Bonchev–Trinajstić information content (AvgIpc) is 3.30. The van der Waals surface area contributed by atoms with E-state index in [4.69, 9.17) is 9.05 Å². The van der Waals surface area contributed by atoms with Crippen molar-refractivity contribution in [3.8, 4) is 0 Å². The molecule has 0 fully saturated rings. The average molecular weight is 522 g/mol. The van der Waals surface area contributed by atoms with Crippen LogP contribution in [-0.4, -0.2) is 30.0 Å². The SMILES string of the molecule is CCOP(=O)(OCC)c1csc(NC(=O)NC2CC(C)(C)c3cc(C(C)(C)C)cc(C(C)=O)c32)n1. The number of nitrogens with one attached hydrogen (secondary N) is 2. The van der Waals surface area contributed by atoms with Gasteiger partial charge in [0, 0.05) is 10.9 Å². The summed E-state index contributed by atoms with van der Waals surface area (Å²) in [5, 5.41) is 7.60. The molecule has 2 N–H and O–H groups in total. The van der Waals surface area contributed by atoms with Crippen LogP contribution in [0.25, 0.3) is 0 Å². The molecule has 0 radical (unpaired) electrons. The van der Waals surface area contributed by atoms with Gasteiger partial charge in [0.1, 0.15) is 0 Å². The summed E-state index contributed by atoms with van der Waals surface area (Å²) in [6.45, 7) is 16.1. The number of ketones is 1. The lowest BCUT2D eigenvalue weighted by Gasteiger charge is -2.25. The molecule has 0 spiro atoms. The monoisotopic (exact) mass is 521 g/mol. The van der Waals surface area contributed by atoms with Gasteiger partial charge in [-0.1, -0.05) is 40.7 Å². The number of anilines is 1. The Balaban J connectivity index is 1.86. The highest BCUT2D eigenvalue weighted by atomic mass is 32.1. The molecule has 1 aromatic heterocycles. The first-order valence-corrected chi connectivity index (χ1v) is 14.3. The molecule has 10 heteroatoms. The van der Waals surface area contributed by atoms with Crippen molar-refractivity contribution in [1.29, 1.82) is 0 Å². The number of hydrogen-bond donors (Lipinski definition) is 2. The van der Waals surface area contributed by atoms with E-state index < -0.39 is 13.6 Å². The van der Waals surface area contributed by atoms with Gasteiger partial charge in [-0.15, -0.1) is 11.3 Å². The second-order valence-corrected chi connectivity index (χ2v) is 13.2. The lowest BCUT2D eigenvalue weighted by Crippen LogP contribution is -2.33. The summed E-state index contributed by atoms with van der Waals surface area (Å²) in [7, 11) is -3.53. The Morgan fingerprint density at radius 3 is 2.37 bits per heavy atom. The first kappa shape index (κ1) is 27.5. The number of Topliss-reactive ketones (excluding diaryl/α,β-unsaturated/α-hetero) is 1. The molecule has 2 aromatic rings. The van der Waals surface area contributed by atoms with Crippen molar-refractivity contribution < 1.29 is 23.2 Å². The summed E-state index contributed by atoms with van der Waals surface area (Å²) >= 11 is 1.14. The maximum atomic E-state index is 12.9. The fraction of sp³-hybridized carbons (Fsp3) is 0.560. The number of aromatic nitrogens is 1. The molecule has 0 aliphatic heterocycles. The van der Waals surface area contributed by atoms with Crippen LogP contribution in [0.4, 0.5) is 9.93 Å². The number of carbonyl (C=O) groups is 2. The van der Waals surface area contributed by atoms with Gasteiger partial charge < -0.3 is 14.4 Å². The van der Waals surface area contributed by atoms with Crippen LogP contribution in [-0.2, 0) is 24.4 Å². The van der Waals surface area contributed by atoms with E-state index in [0.717, 1.165) is 28.0 Å². The van der Waals surface area contributed by atoms with E-state index in [-0.39, 0.29) is 46.4 Å². The quantitative estimate of drug-likeness (QED) is 0.322. The molecule has 1 unspecified atom stereocenters. The van der Waals surface area contributed by atoms with Gasteiger partial charge in [0.15, 0.2) is 16.3 Å². The van der Waals surface area contributed by atoms with E-state index in [2.05, 4.69) is 56.3 Å². The zero-order valence-corrected chi connectivity index (χ0v) is 23.5. The van der Waals surface area contributed by atoms with Crippen molar-refractivity contribution in [1.82, 2.24) is 10.3 Å². The third-order valence-corrected chi connectivity index (χ3v) is 9.03. The summed E-state index contributed by atoms with van der Waals surface area (Å²) < 4.78 is 23.6. The first-order chi connectivity index (χ1) is 16.2. The van der Waals surface area contributed by atoms with Gasteiger partial charge in [0.05, 0.1) is 19.3 Å². The van der Waals surface area contributed by atoms with E-state index in [9.17, 15) is 14.2 Å². The molecular formula is C25H36N3O5PS. The zero-order valence-electron chi connectivity index (χ0n) is 21.8. The van der Waals surface area contributed by atoms with Crippen LogP contribution in [0.3, 0.4) is 0 Å². The summed E-state index contributed by atoms with van der Waals surface area (Å²) in [5.74, 6) is -0.0237. The van der Waals surface area contributed by atoms with Gasteiger partial charge in [0.2, 0.25) is 0 Å². The topological polar surface area (TPSA) is 107 Å². The van der Waals surface area contributed by atoms with Crippen molar-refractivity contribution in [2.45, 2.75) is 78.7 Å². The molecule has 0 saturated heterocycles. The molecule has 1 atom stereocenters. The molecule has 1 aliphatic carbocycles. The van der Waals surface area contributed by atoms with Crippen molar-refractivity contribution in [3.05, 3.63) is 39.8 Å². The van der Waals surface area contributed by atoms with Crippen molar-refractivity contribution in [2.24, 2.45) is 0 Å². The minimum absolute atomic E-state index is 0.0237. The molecule has 2 amide bonds. The normalized spacial score (nSPS) is 17.2. The first-order valence-electron chi connectivity index (χ1n) is 11.8. The molecular weight excluding hydrogens is 485 g/mol. The largest absolute Gasteiger partial charge is 0.380 e. The highest BCUT2D eigenvalue weighted by Crippen LogP contribution is 2.48. The maximum Gasteiger partial charge on any atom is 0.380 e. The molecule has 3 rings (SSSR count). The lowest BCUT2D eigenvalue weighted by molar-refractivity contribution is 0.101. The van der Waals surface area contributed by atoms with Gasteiger partial charge in [-0.2, -0.15) is 0 Å². The van der Waals surface area contributed by atoms with Gasteiger partial charge in [0.25, 0.3) is 0 Å². The predicted molar refractivity (Wildman–Crippen MR) is 140 cm³/mol. The number of benzene rings is 1. The third kappa shape index (κ3) is 5.85. The van der Waals surface area contributed by atoms with Crippen molar-refractivity contribution >= 4 is 41.3 Å². The molecule has 1 heterocycles. The highest BCUT2D eigenvalue weighted by molar-refractivity contribution is 7.62. The van der Waals surface area contributed by atoms with E-state index in [0.29, 0.717) is 12.0 Å². The second-order valence-electron chi connectivity index (χ2n) is 10.4. The standard InChI is InChI=1S/C25H36N3O5PS/c1-9-32-34(31,33-10-2)20-14-35-23(27-20)28-22(30)26-19-13-25(7,8)18-12-16(24(4,5)6)11-17(15(3)29)21(18)19/h11-12,14,19H,9-10,13H2,1-8H3,(H2,26,27,28,30). The number of hydrogen-bond acceptors (Lipinski definition) is 7. The Kier molecular flexibility index (Phi) is 7.97. The Morgan fingerprint density at radius 1 is 1.20 bits per heavy atom. The van der Waals surface area contributed by atoms with Crippen LogP contribution >= 0.6 is 18.9 Å². The Bertz CT molecular complexity index is 1160. The molecule has 0 bridgehead atoms. The fourth-order valence-electron chi connectivity index (χ4n) is 4.41. The van der Waals surface area contributed by atoms with Crippen LogP contribution < -0.4 is 16.1 Å². The van der Waals surface area contributed by atoms with Gasteiger partial charge in [-0.05, 0) is 60.8 Å². The van der Waals surface area contributed by atoms with E-state index in [1.165, 1.54) is 0 Å². The molecule has 1 aliphatic rings. The zero-order chi connectivity index (χ0) is 26.2. The molecule has 1 aromatic carbocycles.